The summed E-state index contributed by atoms with van der Waals surface area (Å²) in [6, 6.07) is 0. The number of rotatable bonds is 16. The van der Waals surface area contributed by atoms with Crippen molar-refractivity contribution in [2.75, 3.05) is 0 Å². The molecule has 1 fully saturated rings. The number of carbonyl (C=O) groups is 1. The highest BCUT2D eigenvalue weighted by molar-refractivity contribution is 5.67. The molecule has 0 bridgehead atoms. The van der Waals surface area contributed by atoms with Gasteiger partial charge >= 0.3 is 5.97 Å². The molecule has 2 atom stereocenters. The molecule has 0 aliphatic heterocycles. The molecule has 0 aromatic carbocycles. The summed E-state index contributed by atoms with van der Waals surface area (Å²) in [7, 11) is 0. The molecule has 3 heteroatoms. The lowest BCUT2D eigenvalue weighted by Crippen LogP contribution is -2.16. The molecule has 2 N–H and O–H groups in total. The molecule has 2 unspecified atom stereocenters. The van der Waals surface area contributed by atoms with Crippen molar-refractivity contribution in [2.45, 2.75) is 122 Å². The number of unbranched alkanes of at least 4 members (excludes halogenated alkanes) is 7. The Balaban J connectivity index is 2.02. The van der Waals surface area contributed by atoms with Gasteiger partial charge in [0.1, 0.15) is 0 Å². The number of hydrogen-bond acceptors (Lipinski definition) is 2. The van der Waals surface area contributed by atoms with E-state index >= 15 is 0 Å². The highest BCUT2D eigenvalue weighted by atomic mass is 16.4. The first kappa shape index (κ1) is 22.5. The Labute approximate surface area is 155 Å². The van der Waals surface area contributed by atoms with Gasteiger partial charge in [0.15, 0.2) is 0 Å². The molecule has 0 heterocycles. The van der Waals surface area contributed by atoms with Gasteiger partial charge in [-0.2, -0.15) is 0 Å². The smallest absolute Gasteiger partial charge is 0.303 e. The zero-order valence-electron chi connectivity index (χ0n) is 16.6. The summed E-state index contributed by atoms with van der Waals surface area (Å²) < 4.78 is 0. The van der Waals surface area contributed by atoms with Crippen molar-refractivity contribution >= 4 is 5.97 Å². The predicted molar refractivity (Wildman–Crippen MR) is 105 cm³/mol. The average molecular weight is 355 g/mol. The number of carboxylic acids is 1. The zero-order valence-corrected chi connectivity index (χ0v) is 16.6. The van der Waals surface area contributed by atoms with Crippen LogP contribution in [0.5, 0.6) is 0 Å². The number of carboxylic acid groups (broad SMARTS) is 1. The Hall–Kier alpha value is -0.570. The van der Waals surface area contributed by atoms with Crippen molar-refractivity contribution in [2.24, 2.45) is 11.8 Å². The minimum atomic E-state index is -0.633. The standard InChI is InChI=1S/C22H42O3/c1-2-3-4-5-6-9-16-21(23)17-10-7-8-15-20(18-22(24)25)19-13-11-12-14-19/h19-21,23H,2-18H2,1H3,(H,24,25). The van der Waals surface area contributed by atoms with Crippen LogP contribution in [-0.2, 0) is 4.79 Å². The topological polar surface area (TPSA) is 57.5 Å². The fourth-order valence-corrected chi connectivity index (χ4v) is 4.43. The molecule has 0 aromatic heterocycles. The van der Waals surface area contributed by atoms with E-state index in [0.717, 1.165) is 44.9 Å². The summed E-state index contributed by atoms with van der Waals surface area (Å²) in [5.74, 6) is 0.397. The van der Waals surface area contributed by atoms with Crippen LogP contribution >= 0.6 is 0 Å². The largest absolute Gasteiger partial charge is 0.481 e. The Kier molecular flexibility index (Phi) is 13.1. The van der Waals surface area contributed by atoms with Crippen molar-refractivity contribution in [1.82, 2.24) is 0 Å². The molecule has 25 heavy (non-hydrogen) atoms. The predicted octanol–water partition coefficient (Wildman–Crippen LogP) is 6.33. The van der Waals surface area contributed by atoms with Gasteiger partial charge in [0.05, 0.1) is 6.10 Å². The quantitative estimate of drug-likeness (QED) is 0.318. The Bertz CT molecular complexity index is 323. The number of aliphatic hydroxyl groups excluding tert-OH is 1. The third-order valence-electron chi connectivity index (χ3n) is 6.01. The maximum absolute atomic E-state index is 11.1. The molecular formula is C22H42O3. The SMILES string of the molecule is CCCCCCCCC(O)CCCCCC(CC(=O)O)C1CCCC1. The van der Waals surface area contributed by atoms with Gasteiger partial charge in [-0.1, -0.05) is 90.4 Å². The van der Waals surface area contributed by atoms with Crippen LogP contribution in [0.3, 0.4) is 0 Å². The summed E-state index contributed by atoms with van der Waals surface area (Å²) in [6.45, 7) is 2.24. The van der Waals surface area contributed by atoms with E-state index in [-0.39, 0.29) is 6.10 Å². The van der Waals surface area contributed by atoms with Crippen LogP contribution in [0.4, 0.5) is 0 Å². The fraction of sp³-hybridized carbons (Fsp3) is 0.955. The van der Waals surface area contributed by atoms with Crippen molar-refractivity contribution in [3.63, 3.8) is 0 Å². The first-order chi connectivity index (χ1) is 12.1. The van der Waals surface area contributed by atoms with Crippen molar-refractivity contribution in [3.05, 3.63) is 0 Å². The normalized spacial score (nSPS) is 17.7. The number of aliphatic carboxylic acids is 1. The number of aliphatic hydroxyl groups is 1. The van der Waals surface area contributed by atoms with Gasteiger partial charge in [-0.05, 0) is 31.1 Å². The average Bonchev–Trinajstić information content (AvgIpc) is 3.10. The van der Waals surface area contributed by atoms with Crippen LogP contribution in [-0.4, -0.2) is 22.3 Å². The molecule has 1 aliphatic carbocycles. The van der Waals surface area contributed by atoms with Gasteiger partial charge in [0, 0.05) is 6.42 Å². The zero-order chi connectivity index (χ0) is 18.3. The number of hydrogen-bond donors (Lipinski definition) is 2. The second kappa shape index (κ2) is 14.6. The molecule has 0 spiro atoms. The van der Waals surface area contributed by atoms with E-state index < -0.39 is 5.97 Å². The second-order valence-corrected chi connectivity index (χ2v) is 8.25. The summed E-state index contributed by atoms with van der Waals surface area (Å²) in [4.78, 5) is 11.1. The minimum Gasteiger partial charge on any atom is -0.481 e. The third-order valence-corrected chi connectivity index (χ3v) is 6.01. The van der Waals surface area contributed by atoms with Gasteiger partial charge in [0.2, 0.25) is 0 Å². The lowest BCUT2D eigenvalue weighted by atomic mass is 9.84. The van der Waals surface area contributed by atoms with Gasteiger partial charge in [-0.15, -0.1) is 0 Å². The van der Waals surface area contributed by atoms with Gasteiger partial charge in [-0.25, -0.2) is 0 Å². The van der Waals surface area contributed by atoms with Gasteiger partial charge in [0.25, 0.3) is 0 Å². The minimum absolute atomic E-state index is 0.129. The molecule has 0 aromatic rings. The molecule has 148 valence electrons. The molecule has 1 aliphatic rings. The molecule has 1 rings (SSSR count). The van der Waals surface area contributed by atoms with E-state index in [9.17, 15) is 9.90 Å². The van der Waals surface area contributed by atoms with E-state index in [1.54, 1.807) is 0 Å². The van der Waals surface area contributed by atoms with Crippen LogP contribution in [0, 0.1) is 11.8 Å². The lowest BCUT2D eigenvalue weighted by Gasteiger charge is -2.21. The van der Waals surface area contributed by atoms with E-state index in [1.165, 1.54) is 57.8 Å². The molecule has 3 nitrogen and oxygen atoms in total. The third kappa shape index (κ3) is 11.6. The Morgan fingerprint density at radius 1 is 0.880 bits per heavy atom. The highest BCUT2D eigenvalue weighted by Crippen LogP contribution is 2.36. The van der Waals surface area contributed by atoms with E-state index in [0.29, 0.717) is 18.3 Å². The monoisotopic (exact) mass is 354 g/mol. The molecule has 0 radical (unpaired) electrons. The highest BCUT2D eigenvalue weighted by Gasteiger charge is 2.26. The summed E-state index contributed by atoms with van der Waals surface area (Å²) >= 11 is 0. The van der Waals surface area contributed by atoms with Crippen LogP contribution in [0.25, 0.3) is 0 Å². The van der Waals surface area contributed by atoms with Crippen LogP contribution in [0.1, 0.15) is 116 Å². The first-order valence-electron chi connectivity index (χ1n) is 11.0. The second-order valence-electron chi connectivity index (χ2n) is 8.25. The van der Waals surface area contributed by atoms with Crippen molar-refractivity contribution < 1.29 is 15.0 Å². The van der Waals surface area contributed by atoms with E-state index in [4.69, 9.17) is 5.11 Å². The van der Waals surface area contributed by atoms with Crippen LogP contribution < -0.4 is 0 Å². The first-order valence-corrected chi connectivity index (χ1v) is 11.0. The molecular weight excluding hydrogens is 312 g/mol. The molecule has 1 saturated carbocycles. The maximum Gasteiger partial charge on any atom is 0.303 e. The summed E-state index contributed by atoms with van der Waals surface area (Å²) in [5.41, 5.74) is 0. The maximum atomic E-state index is 11.1. The Morgan fingerprint density at radius 2 is 1.40 bits per heavy atom. The molecule has 0 saturated heterocycles. The van der Waals surface area contributed by atoms with Crippen molar-refractivity contribution in [1.29, 1.82) is 0 Å². The van der Waals surface area contributed by atoms with E-state index in [1.807, 2.05) is 0 Å². The van der Waals surface area contributed by atoms with Gasteiger partial charge in [-0.3, -0.25) is 4.79 Å². The summed E-state index contributed by atoms with van der Waals surface area (Å²) in [6.07, 6.45) is 19.2. The van der Waals surface area contributed by atoms with Crippen LogP contribution in [0.2, 0.25) is 0 Å². The van der Waals surface area contributed by atoms with Crippen molar-refractivity contribution in [3.8, 4) is 0 Å². The lowest BCUT2D eigenvalue weighted by molar-refractivity contribution is -0.138. The van der Waals surface area contributed by atoms with Crippen LogP contribution in [0.15, 0.2) is 0 Å². The fourth-order valence-electron chi connectivity index (χ4n) is 4.43. The summed E-state index contributed by atoms with van der Waals surface area (Å²) in [5, 5.41) is 19.2. The van der Waals surface area contributed by atoms with Gasteiger partial charge < -0.3 is 10.2 Å². The Morgan fingerprint density at radius 3 is 2.00 bits per heavy atom. The van der Waals surface area contributed by atoms with E-state index in [2.05, 4.69) is 6.92 Å². The molecule has 0 amide bonds.